The Balaban J connectivity index is 2.43. The van der Waals surface area contributed by atoms with Crippen molar-refractivity contribution >= 4 is 5.97 Å². The number of ether oxygens (including phenoxy) is 1. The van der Waals surface area contributed by atoms with Crippen molar-refractivity contribution in [1.82, 2.24) is 5.32 Å². The molecule has 1 saturated carbocycles. The number of rotatable bonds is 7. The Morgan fingerprint density at radius 2 is 2.21 bits per heavy atom. The van der Waals surface area contributed by atoms with E-state index in [0.29, 0.717) is 19.4 Å². The van der Waals surface area contributed by atoms with Gasteiger partial charge in [0, 0.05) is 6.42 Å². The molecule has 0 saturated heterocycles. The van der Waals surface area contributed by atoms with Gasteiger partial charge in [0.2, 0.25) is 0 Å². The fraction of sp³-hybridized carbons (Fsp3) is 0.917. The molecule has 7 heteroatoms. The Morgan fingerprint density at radius 3 is 2.74 bits per heavy atom. The number of alkyl halides is 3. The van der Waals surface area contributed by atoms with E-state index in [9.17, 15) is 23.1 Å². The van der Waals surface area contributed by atoms with E-state index < -0.39 is 36.8 Å². The zero-order valence-corrected chi connectivity index (χ0v) is 10.9. The molecule has 4 nitrogen and oxygen atoms in total. The van der Waals surface area contributed by atoms with Gasteiger partial charge in [-0.15, -0.1) is 0 Å². The van der Waals surface area contributed by atoms with E-state index in [0.717, 1.165) is 6.42 Å². The summed E-state index contributed by atoms with van der Waals surface area (Å²) < 4.78 is 41.1. The van der Waals surface area contributed by atoms with Crippen molar-refractivity contribution in [3.63, 3.8) is 0 Å². The van der Waals surface area contributed by atoms with Crippen LogP contribution in [0, 0.1) is 0 Å². The summed E-state index contributed by atoms with van der Waals surface area (Å²) in [4.78, 5) is 11.3. The number of carbonyl (C=O) groups is 1. The van der Waals surface area contributed by atoms with Gasteiger partial charge in [0.15, 0.2) is 0 Å². The molecule has 0 amide bonds. The molecule has 0 aromatic heterocycles. The number of hydrogen-bond acceptors (Lipinski definition) is 3. The molecule has 112 valence electrons. The van der Waals surface area contributed by atoms with Crippen molar-refractivity contribution in [2.75, 3.05) is 13.2 Å². The highest BCUT2D eigenvalue weighted by Crippen LogP contribution is 2.33. The summed E-state index contributed by atoms with van der Waals surface area (Å²) in [6, 6.07) is 0. The lowest BCUT2D eigenvalue weighted by molar-refractivity contribution is -0.151. The fourth-order valence-corrected chi connectivity index (χ4v) is 2.28. The highest BCUT2D eigenvalue weighted by molar-refractivity contribution is 5.79. The van der Waals surface area contributed by atoms with Crippen molar-refractivity contribution in [2.45, 2.75) is 56.8 Å². The molecule has 0 spiro atoms. The van der Waals surface area contributed by atoms with Crippen LogP contribution in [0.15, 0.2) is 0 Å². The maximum absolute atomic E-state index is 12.0. The largest absolute Gasteiger partial charge is 0.480 e. The summed E-state index contributed by atoms with van der Waals surface area (Å²) in [6.45, 7) is 2.09. The first kappa shape index (κ1) is 16.2. The number of aliphatic carboxylic acids is 1. The van der Waals surface area contributed by atoms with E-state index in [4.69, 9.17) is 4.74 Å². The molecule has 19 heavy (non-hydrogen) atoms. The third kappa shape index (κ3) is 4.99. The molecule has 0 aromatic rings. The van der Waals surface area contributed by atoms with E-state index in [-0.39, 0.29) is 6.42 Å². The zero-order chi connectivity index (χ0) is 14.5. The van der Waals surface area contributed by atoms with E-state index in [1.54, 1.807) is 0 Å². The molecule has 2 unspecified atom stereocenters. The molecule has 0 bridgehead atoms. The van der Waals surface area contributed by atoms with Gasteiger partial charge in [-0.25, -0.2) is 0 Å². The van der Waals surface area contributed by atoms with Crippen LogP contribution in [-0.4, -0.2) is 42.0 Å². The molecule has 0 aromatic carbocycles. The molecule has 0 aliphatic heterocycles. The van der Waals surface area contributed by atoms with Crippen LogP contribution in [0.2, 0.25) is 0 Å². The van der Waals surface area contributed by atoms with Gasteiger partial charge < -0.3 is 15.2 Å². The highest BCUT2D eigenvalue weighted by atomic mass is 19.4. The lowest BCUT2D eigenvalue weighted by Crippen LogP contribution is -2.50. The Kier molecular flexibility index (Phi) is 5.61. The summed E-state index contributed by atoms with van der Waals surface area (Å²) in [6.07, 6.45) is -3.76. The minimum Gasteiger partial charge on any atom is -0.480 e. The topological polar surface area (TPSA) is 58.6 Å². The second-order valence-corrected chi connectivity index (χ2v) is 4.91. The predicted molar refractivity (Wildman–Crippen MR) is 62.9 cm³/mol. The Hall–Kier alpha value is -0.820. The van der Waals surface area contributed by atoms with Gasteiger partial charge in [-0.05, 0) is 25.8 Å². The van der Waals surface area contributed by atoms with Crippen molar-refractivity contribution in [2.24, 2.45) is 0 Å². The summed E-state index contributed by atoms with van der Waals surface area (Å²) in [5.74, 6) is -0.956. The van der Waals surface area contributed by atoms with Crippen LogP contribution in [0.1, 0.15) is 39.0 Å². The molecule has 2 N–H and O–H groups in total. The Labute approximate surface area is 110 Å². The van der Waals surface area contributed by atoms with Gasteiger partial charge in [0.05, 0.1) is 19.1 Å². The van der Waals surface area contributed by atoms with Crippen LogP contribution in [-0.2, 0) is 9.53 Å². The van der Waals surface area contributed by atoms with Crippen LogP contribution in [0.3, 0.4) is 0 Å². The van der Waals surface area contributed by atoms with Gasteiger partial charge in [0.1, 0.15) is 5.54 Å². The zero-order valence-electron chi connectivity index (χ0n) is 10.9. The standard InChI is InChI=1S/C12H20F3NO3/c1-2-6-16-11(10(17)18)4-3-9(8-11)19-7-5-12(13,14)15/h9,16H,2-8H2,1H3,(H,17,18). The maximum Gasteiger partial charge on any atom is 0.391 e. The van der Waals surface area contributed by atoms with Crippen LogP contribution in [0.5, 0.6) is 0 Å². The number of nitrogens with one attached hydrogen (secondary N) is 1. The Morgan fingerprint density at radius 1 is 1.53 bits per heavy atom. The van der Waals surface area contributed by atoms with Crippen LogP contribution in [0.25, 0.3) is 0 Å². The second kappa shape index (κ2) is 6.56. The lowest BCUT2D eigenvalue weighted by Gasteiger charge is -2.25. The third-order valence-electron chi connectivity index (χ3n) is 3.33. The van der Waals surface area contributed by atoms with Crippen LogP contribution < -0.4 is 5.32 Å². The number of halogens is 3. The number of carboxylic acids is 1. The van der Waals surface area contributed by atoms with Crippen molar-refractivity contribution in [1.29, 1.82) is 0 Å². The van der Waals surface area contributed by atoms with Crippen LogP contribution >= 0.6 is 0 Å². The smallest absolute Gasteiger partial charge is 0.391 e. The summed E-state index contributed by atoms with van der Waals surface area (Å²) in [5, 5.41) is 12.2. The monoisotopic (exact) mass is 283 g/mol. The summed E-state index contributed by atoms with van der Waals surface area (Å²) >= 11 is 0. The Bertz CT molecular complexity index is 309. The summed E-state index contributed by atoms with van der Waals surface area (Å²) in [7, 11) is 0. The van der Waals surface area contributed by atoms with E-state index in [2.05, 4.69) is 5.32 Å². The molecular formula is C12H20F3NO3. The average molecular weight is 283 g/mol. The molecule has 0 radical (unpaired) electrons. The molecule has 0 heterocycles. The van der Waals surface area contributed by atoms with Gasteiger partial charge in [-0.2, -0.15) is 13.2 Å². The maximum atomic E-state index is 12.0. The lowest BCUT2D eigenvalue weighted by atomic mass is 9.97. The average Bonchev–Trinajstić information content (AvgIpc) is 2.70. The summed E-state index contributed by atoms with van der Waals surface area (Å²) in [5.41, 5.74) is -1.04. The van der Waals surface area contributed by atoms with Gasteiger partial charge in [-0.1, -0.05) is 6.92 Å². The molecule has 1 fully saturated rings. The number of hydrogen-bond donors (Lipinski definition) is 2. The first-order valence-electron chi connectivity index (χ1n) is 6.46. The highest BCUT2D eigenvalue weighted by Gasteiger charge is 2.45. The first-order valence-corrected chi connectivity index (χ1v) is 6.46. The van der Waals surface area contributed by atoms with Gasteiger partial charge >= 0.3 is 12.1 Å². The normalized spacial score (nSPS) is 27.7. The van der Waals surface area contributed by atoms with E-state index in [1.807, 2.05) is 6.92 Å². The van der Waals surface area contributed by atoms with E-state index >= 15 is 0 Å². The molecular weight excluding hydrogens is 263 g/mol. The first-order chi connectivity index (χ1) is 8.79. The minimum absolute atomic E-state index is 0.222. The molecule has 1 aliphatic carbocycles. The SMILES string of the molecule is CCCNC1(C(=O)O)CCC(OCCC(F)(F)F)C1. The van der Waals surface area contributed by atoms with Crippen molar-refractivity contribution < 1.29 is 27.8 Å². The van der Waals surface area contributed by atoms with Gasteiger partial charge in [0.25, 0.3) is 0 Å². The van der Waals surface area contributed by atoms with Crippen molar-refractivity contribution in [3.05, 3.63) is 0 Å². The molecule has 1 rings (SSSR count). The van der Waals surface area contributed by atoms with Gasteiger partial charge in [-0.3, -0.25) is 4.79 Å². The van der Waals surface area contributed by atoms with E-state index in [1.165, 1.54) is 0 Å². The quantitative estimate of drug-likeness (QED) is 0.753. The third-order valence-corrected chi connectivity index (χ3v) is 3.33. The minimum atomic E-state index is -4.23. The fourth-order valence-electron chi connectivity index (χ4n) is 2.28. The van der Waals surface area contributed by atoms with Crippen molar-refractivity contribution in [3.8, 4) is 0 Å². The second-order valence-electron chi connectivity index (χ2n) is 4.91. The number of carboxylic acid groups (broad SMARTS) is 1. The molecule has 1 aliphatic rings. The molecule has 2 atom stereocenters. The predicted octanol–water partition coefficient (Wildman–Crippen LogP) is 2.33. The van der Waals surface area contributed by atoms with Crippen LogP contribution in [0.4, 0.5) is 13.2 Å².